The summed E-state index contributed by atoms with van der Waals surface area (Å²) in [7, 11) is 0. The molecule has 3 atom stereocenters. The molecule has 2 aliphatic carbocycles. The van der Waals surface area contributed by atoms with Gasteiger partial charge in [-0.15, -0.1) is 0 Å². The molecule has 2 amide bonds. The van der Waals surface area contributed by atoms with Crippen molar-refractivity contribution in [1.82, 2.24) is 10.2 Å². The number of nitrogens with one attached hydrogen (secondary N) is 1. The van der Waals surface area contributed by atoms with E-state index >= 15 is 0 Å². The first kappa shape index (κ1) is 14.7. The maximum atomic E-state index is 12.7. The molecule has 0 spiro atoms. The first-order chi connectivity index (χ1) is 10.0. The SMILES string of the molecule is CC1(NC(=O)N2C(C(=O)O)CCC3CCCCC32)CCC1. The van der Waals surface area contributed by atoms with Crippen LogP contribution in [0.4, 0.5) is 4.79 Å². The third kappa shape index (κ3) is 2.74. The molecule has 118 valence electrons. The first-order valence-corrected chi connectivity index (χ1v) is 8.33. The summed E-state index contributed by atoms with van der Waals surface area (Å²) in [5.74, 6) is -0.359. The number of piperidine rings is 1. The van der Waals surface area contributed by atoms with Gasteiger partial charge in [-0.25, -0.2) is 9.59 Å². The summed E-state index contributed by atoms with van der Waals surface area (Å²) >= 11 is 0. The summed E-state index contributed by atoms with van der Waals surface area (Å²) in [6.45, 7) is 2.06. The number of likely N-dealkylation sites (tertiary alicyclic amines) is 1. The van der Waals surface area contributed by atoms with Crippen LogP contribution >= 0.6 is 0 Å². The molecule has 5 heteroatoms. The highest BCUT2D eigenvalue weighted by Gasteiger charge is 2.45. The molecule has 3 aliphatic rings. The Hall–Kier alpha value is -1.26. The summed E-state index contributed by atoms with van der Waals surface area (Å²) in [5, 5.41) is 12.6. The molecule has 0 bridgehead atoms. The van der Waals surface area contributed by atoms with Crippen LogP contribution in [-0.2, 0) is 4.79 Å². The van der Waals surface area contributed by atoms with Crippen molar-refractivity contribution in [3.05, 3.63) is 0 Å². The number of aliphatic carboxylic acids is 1. The second kappa shape index (κ2) is 5.50. The first-order valence-electron chi connectivity index (χ1n) is 8.33. The predicted octanol–water partition coefficient (Wildman–Crippen LogP) is 2.75. The van der Waals surface area contributed by atoms with Gasteiger partial charge in [0.25, 0.3) is 0 Å². The highest BCUT2D eigenvalue weighted by Crippen LogP contribution is 2.39. The predicted molar refractivity (Wildman–Crippen MR) is 79.0 cm³/mol. The summed E-state index contributed by atoms with van der Waals surface area (Å²) in [4.78, 5) is 26.0. The molecule has 0 aromatic heterocycles. The minimum absolute atomic E-state index is 0.122. The van der Waals surface area contributed by atoms with Crippen LogP contribution in [0.25, 0.3) is 0 Å². The number of carboxylic acids is 1. The van der Waals surface area contributed by atoms with Crippen LogP contribution in [0.1, 0.15) is 64.7 Å². The molecule has 3 rings (SSSR count). The van der Waals surface area contributed by atoms with E-state index in [9.17, 15) is 14.7 Å². The average molecular weight is 294 g/mol. The van der Waals surface area contributed by atoms with E-state index in [1.807, 2.05) is 0 Å². The van der Waals surface area contributed by atoms with E-state index in [0.717, 1.165) is 44.9 Å². The van der Waals surface area contributed by atoms with Crippen molar-refractivity contribution in [2.45, 2.75) is 82.3 Å². The number of amides is 2. The number of hydrogen-bond acceptors (Lipinski definition) is 2. The van der Waals surface area contributed by atoms with Gasteiger partial charge in [0, 0.05) is 11.6 Å². The summed E-state index contributed by atoms with van der Waals surface area (Å²) < 4.78 is 0. The minimum Gasteiger partial charge on any atom is -0.480 e. The summed E-state index contributed by atoms with van der Waals surface area (Å²) in [6.07, 6.45) is 9.10. The lowest BCUT2D eigenvalue weighted by Gasteiger charge is -2.49. The van der Waals surface area contributed by atoms with Crippen LogP contribution in [0, 0.1) is 5.92 Å². The van der Waals surface area contributed by atoms with Crippen LogP contribution < -0.4 is 5.32 Å². The molecule has 1 aliphatic heterocycles. The molecule has 2 saturated carbocycles. The molecule has 21 heavy (non-hydrogen) atoms. The van der Waals surface area contributed by atoms with E-state index in [1.54, 1.807) is 4.90 Å². The van der Waals surface area contributed by atoms with E-state index in [-0.39, 0.29) is 17.6 Å². The van der Waals surface area contributed by atoms with E-state index in [4.69, 9.17) is 0 Å². The lowest BCUT2D eigenvalue weighted by Crippen LogP contribution is -2.63. The van der Waals surface area contributed by atoms with Crippen molar-refractivity contribution >= 4 is 12.0 Å². The fraction of sp³-hybridized carbons (Fsp3) is 0.875. The third-order valence-electron chi connectivity index (χ3n) is 5.76. The van der Waals surface area contributed by atoms with Crippen LogP contribution in [0.3, 0.4) is 0 Å². The monoisotopic (exact) mass is 294 g/mol. The number of carbonyl (C=O) groups excluding carboxylic acids is 1. The van der Waals surface area contributed by atoms with E-state index in [1.165, 1.54) is 6.42 Å². The standard InChI is InChI=1S/C16H26N2O3/c1-16(9-4-10-16)17-15(21)18-12-6-3-2-5-11(12)7-8-13(18)14(19)20/h11-13H,2-10H2,1H3,(H,17,21)(H,19,20). The zero-order valence-electron chi connectivity index (χ0n) is 12.8. The molecular weight excluding hydrogens is 268 g/mol. The second-order valence-corrected chi connectivity index (χ2v) is 7.29. The van der Waals surface area contributed by atoms with Crippen molar-refractivity contribution in [3.8, 4) is 0 Å². The van der Waals surface area contributed by atoms with Crippen molar-refractivity contribution < 1.29 is 14.7 Å². The van der Waals surface area contributed by atoms with Gasteiger partial charge >= 0.3 is 12.0 Å². The molecule has 3 unspecified atom stereocenters. The Balaban J connectivity index is 1.78. The Kier molecular flexibility index (Phi) is 3.84. The Bertz CT molecular complexity index is 433. The van der Waals surface area contributed by atoms with Crippen molar-refractivity contribution in [2.75, 3.05) is 0 Å². The number of nitrogens with zero attached hydrogens (tertiary/aromatic N) is 1. The fourth-order valence-electron chi connectivity index (χ4n) is 4.32. The number of hydrogen-bond donors (Lipinski definition) is 2. The maximum absolute atomic E-state index is 12.7. The lowest BCUT2D eigenvalue weighted by atomic mass is 9.76. The van der Waals surface area contributed by atoms with Gasteiger partial charge in [-0.3, -0.25) is 0 Å². The third-order valence-corrected chi connectivity index (χ3v) is 5.76. The van der Waals surface area contributed by atoms with Crippen molar-refractivity contribution in [3.63, 3.8) is 0 Å². The van der Waals surface area contributed by atoms with Gasteiger partial charge < -0.3 is 15.3 Å². The van der Waals surface area contributed by atoms with Gasteiger partial charge in [0.15, 0.2) is 0 Å². The Morgan fingerprint density at radius 1 is 1.10 bits per heavy atom. The fourth-order valence-corrected chi connectivity index (χ4v) is 4.32. The Labute approximate surface area is 126 Å². The van der Waals surface area contributed by atoms with Crippen LogP contribution in [0.15, 0.2) is 0 Å². The summed E-state index contributed by atoms with van der Waals surface area (Å²) in [5.41, 5.74) is -0.123. The number of rotatable bonds is 2. The number of fused-ring (bicyclic) bond motifs is 1. The highest BCUT2D eigenvalue weighted by molar-refractivity contribution is 5.83. The zero-order valence-corrected chi connectivity index (χ0v) is 12.8. The van der Waals surface area contributed by atoms with Crippen molar-refractivity contribution in [2.24, 2.45) is 5.92 Å². The molecule has 0 aromatic rings. The smallest absolute Gasteiger partial charge is 0.326 e. The van der Waals surface area contributed by atoms with Gasteiger partial charge in [-0.05, 0) is 57.8 Å². The largest absolute Gasteiger partial charge is 0.480 e. The van der Waals surface area contributed by atoms with E-state index < -0.39 is 12.0 Å². The molecule has 1 saturated heterocycles. The van der Waals surface area contributed by atoms with Gasteiger partial charge in [0.05, 0.1) is 0 Å². The van der Waals surface area contributed by atoms with Crippen LogP contribution in [0.5, 0.6) is 0 Å². The number of urea groups is 1. The molecule has 1 heterocycles. The minimum atomic E-state index is -0.854. The molecule has 2 N–H and O–H groups in total. The van der Waals surface area contributed by atoms with Crippen LogP contribution in [0.2, 0.25) is 0 Å². The quantitative estimate of drug-likeness (QED) is 0.822. The van der Waals surface area contributed by atoms with Gasteiger partial charge in [-0.2, -0.15) is 0 Å². The Morgan fingerprint density at radius 2 is 1.81 bits per heavy atom. The van der Waals surface area contributed by atoms with Gasteiger partial charge in [-0.1, -0.05) is 12.8 Å². The van der Waals surface area contributed by atoms with E-state index in [2.05, 4.69) is 12.2 Å². The molecular formula is C16H26N2O3. The number of carbonyl (C=O) groups is 2. The number of carboxylic acid groups (broad SMARTS) is 1. The Morgan fingerprint density at radius 3 is 2.43 bits per heavy atom. The second-order valence-electron chi connectivity index (χ2n) is 7.29. The zero-order chi connectivity index (χ0) is 15.0. The molecule has 0 aromatic carbocycles. The highest BCUT2D eigenvalue weighted by atomic mass is 16.4. The molecule has 5 nitrogen and oxygen atoms in total. The van der Waals surface area contributed by atoms with Gasteiger partial charge in [0.1, 0.15) is 6.04 Å². The van der Waals surface area contributed by atoms with Crippen molar-refractivity contribution in [1.29, 1.82) is 0 Å². The molecule has 0 radical (unpaired) electrons. The average Bonchev–Trinajstić information content (AvgIpc) is 2.44. The summed E-state index contributed by atoms with van der Waals surface area (Å²) in [6, 6.07) is -0.675. The van der Waals surface area contributed by atoms with Crippen LogP contribution in [-0.4, -0.2) is 39.6 Å². The normalized spacial score (nSPS) is 34.5. The topological polar surface area (TPSA) is 69.6 Å². The van der Waals surface area contributed by atoms with E-state index in [0.29, 0.717) is 12.3 Å². The lowest BCUT2D eigenvalue weighted by molar-refractivity contribution is -0.145. The maximum Gasteiger partial charge on any atom is 0.326 e. The van der Waals surface area contributed by atoms with Gasteiger partial charge in [0.2, 0.25) is 0 Å². The molecule has 3 fully saturated rings.